The molecule has 0 aliphatic rings. The largest absolute Gasteiger partial charge is 0.412 e. The summed E-state index contributed by atoms with van der Waals surface area (Å²) in [6, 6.07) is 0. The molecule has 1 nitrogen and oxygen atoms in total. The van der Waals surface area contributed by atoms with E-state index in [1.807, 2.05) is 0 Å². The predicted octanol–water partition coefficient (Wildman–Crippen LogP) is -1.59. The first-order valence-corrected chi connectivity index (χ1v) is 0. The average Bonchev–Trinajstić information content (AvgIpc) is 0. The molecule has 0 aromatic carbocycles. The van der Waals surface area contributed by atoms with E-state index in [0.717, 1.165) is 0 Å². The maximum absolute atomic E-state index is 0. The summed E-state index contributed by atoms with van der Waals surface area (Å²) >= 11 is 0. The minimum atomic E-state index is 0. The molecule has 0 rings (SSSR count). The molecule has 0 fully saturated rings. The van der Waals surface area contributed by atoms with Crippen LogP contribution in [0.5, 0.6) is 0 Å². The van der Waals surface area contributed by atoms with Crippen molar-refractivity contribution in [1.29, 1.82) is 0 Å². The van der Waals surface area contributed by atoms with Gasteiger partial charge in [-0.2, -0.15) is 0 Å². The fraction of sp³-hybridized carbons (Fsp3) is 0. The Balaban J connectivity index is 0. The Labute approximate surface area is 76.4 Å². The zero-order valence-electron chi connectivity index (χ0n) is 2.14. The molecule has 2 N–H and O–H groups in total. The average molecular weight is 141 g/mol. The SMILES string of the molecule is O.[Al].[Ca].[Fe]. The standard InChI is InChI=1S/Al.Ca.Fe.H2O/h;;;1H2. The van der Waals surface area contributed by atoms with Crippen LogP contribution >= 0.6 is 0 Å². The van der Waals surface area contributed by atoms with E-state index in [0.29, 0.717) is 0 Å². The van der Waals surface area contributed by atoms with Crippen LogP contribution in [0.3, 0.4) is 0 Å². The van der Waals surface area contributed by atoms with Crippen molar-refractivity contribution < 1.29 is 22.5 Å². The zero-order chi connectivity index (χ0) is 0. The van der Waals surface area contributed by atoms with Crippen LogP contribution in [-0.4, -0.2) is 60.6 Å². The molecule has 0 aliphatic carbocycles. The molecule has 0 bridgehead atoms. The molecule has 0 heterocycles. The summed E-state index contributed by atoms with van der Waals surface area (Å²) < 4.78 is 0. The molecule has 4 heteroatoms. The van der Waals surface area contributed by atoms with Crippen LogP contribution in [0.25, 0.3) is 0 Å². The molecule has 4 heavy (non-hydrogen) atoms. The second kappa shape index (κ2) is 18.6. The van der Waals surface area contributed by atoms with E-state index in [1.54, 1.807) is 0 Å². The Bertz CT molecular complexity index is 8.00. The van der Waals surface area contributed by atoms with Crippen LogP contribution in [0.4, 0.5) is 0 Å². The number of hydrogen-bond acceptors (Lipinski definition) is 0. The van der Waals surface area contributed by atoms with Gasteiger partial charge in [-0.15, -0.1) is 0 Å². The first-order valence-electron chi connectivity index (χ1n) is 0. The molecule has 0 aromatic heterocycles. The first-order chi connectivity index (χ1) is 0. The first kappa shape index (κ1) is 33.8. The molecule has 0 saturated carbocycles. The van der Waals surface area contributed by atoms with Gasteiger partial charge in [0, 0.05) is 72.2 Å². The van der Waals surface area contributed by atoms with Gasteiger partial charge in [0.05, 0.1) is 0 Å². The van der Waals surface area contributed by atoms with Gasteiger partial charge in [0.15, 0.2) is 0 Å². The molecule has 0 aromatic rings. The molecule has 21 valence electrons. The Hall–Kier alpha value is 2.27. The van der Waals surface area contributed by atoms with Gasteiger partial charge in [-0.3, -0.25) is 0 Å². The Kier molecular flexibility index (Phi) is 157. The smallest absolute Gasteiger partial charge is 0 e. The minimum Gasteiger partial charge on any atom is -0.412 e. The van der Waals surface area contributed by atoms with Crippen molar-refractivity contribution in [2.75, 3.05) is 0 Å². The molecular weight excluding hydrogens is 139 g/mol. The van der Waals surface area contributed by atoms with Gasteiger partial charge in [0.25, 0.3) is 0 Å². The summed E-state index contributed by atoms with van der Waals surface area (Å²) in [4.78, 5) is 0. The number of rotatable bonds is 0. The van der Waals surface area contributed by atoms with Crippen molar-refractivity contribution >= 4 is 55.1 Å². The summed E-state index contributed by atoms with van der Waals surface area (Å²) in [5.74, 6) is 0. The minimum absolute atomic E-state index is 0. The van der Waals surface area contributed by atoms with E-state index in [-0.39, 0.29) is 77.6 Å². The van der Waals surface area contributed by atoms with Crippen molar-refractivity contribution in [3.05, 3.63) is 0 Å². The maximum Gasteiger partial charge on any atom is 0 e. The topological polar surface area (TPSA) is 31.5 Å². The third kappa shape index (κ3) is 8.86. The van der Waals surface area contributed by atoms with Gasteiger partial charge < -0.3 is 5.48 Å². The van der Waals surface area contributed by atoms with Crippen molar-refractivity contribution in [1.82, 2.24) is 0 Å². The van der Waals surface area contributed by atoms with E-state index in [9.17, 15) is 0 Å². The van der Waals surface area contributed by atoms with Crippen LogP contribution in [0.2, 0.25) is 0 Å². The van der Waals surface area contributed by atoms with Crippen LogP contribution < -0.4 is 0 Å². The fourth-order valence-corrected chi connectivity index (χ4v) is 0. The number of hydrogen-bond donors (Lipinski definition) is 0. The molecule has 0 atom stereocenters. The molecule has 0 amide bonds. The molecular formula is H2AlCaFeO. The van der Waals surface area contributed by atoms with Crippen molar-refractivity contribution in [2.45, 2.75) is 0 Å². The van der Waals surface area contributed by atoms with E-state index >= 15 is 0 Å². The Morgan fingerprint density at radius 3 is 1.00 bits per heavy atom. The monoisotopic (exact) mass is 141 g/mol. The third-order valence-electron chi connectivity index (χ3n) is 0. The summed E-state index contributed by atoms with van der Waals surface area (Å²) in [5, 5.41) is 0. The van der Waals surface area contributed by atoms with Gasteiger partial charge >= 0.3 is 0 Å². The Morgan fingerprint density at radius 1 is 1.00 bits per heavy atom. The van der Waals surface area contributed by atoms with Crippen molar-refractivity contribution in [2.24, 2.45) is 0 Å². The summed E-state index contributed by atoms with van der Waals surface area (Å²) in [6.45, 7) is 0. The maximum atomic E-state index is 0. The second-order valence-corrected chi connectivity index (χ2v) is 0. The quantitative estimate of drug-likeness (QED) is 0.364. The Morgan fingerprint density at radius 2 is 1.00 bits per heavy atom. The normalized spacial score (nSPS) is 0. The third-order valence-corrected chi connectivity index (χ3v) is 0. The van der Waals surface area contributed by atoms with E-state index < -0.39 is 0 Å². The molecule has 0 aliphatic heterocycles. The molecule has 0 spiro atoms. The van der Waals surface area contributed by atoms with Crippen LogP contribution in [0.1, 0.15) is 0 Å². The van der Waals surface area contributed by atoms with Gasteiger partial charge in [0.1, 0.15) is 0 Å². The fourth-order valence-electron chi connectivity index (χ4n) is 0. The van der Waals surface area contributed by atoms with Gasteiger partial charge in [-0.05, 0) is 0 Å². The second-order valence-electron chi connectivity index (χ2n) is 0. The molecule has 5 radical (unpaired) electrons. The van der Waals surface area contributed by atoms with E-state index in [4.69, 9.17) is 0 Å². The summed E-state index contributed by atoms with van der Waals surface area (Å²) in [5.41, 5.74) is 0. The van der Waals surface area contributed by atoms with Crippen molar-refractivity contribution in [3.8, 4) is 0 Å². The van der Waals surface area contributed by atoms with E-state index in [2.05, 4.69) is 0 Å². The summed E-state index contributed by atoms with van der Waals surface area (Å²) in [7, 11) is 0. The van der Waals surface area contributed by atoms with Crippen LogP contribution in [0.15, 0.2) is 0 Å². The van der Waals surface area contributed by atoms with Crippen LogP contribution in [0, 0.1) is 0 Å². The van der Waals surface area contributed by atoms with Gasteiger partial charge in [-0.1, -0.05) is 0 Å². The predicted molar refractivity (Wildman–Crippen MR) is 15.1 cm³/mol. The molecule has 0 saturated heterocycles. The van der Waals surface area contributed by atoms with Gasteiger partial charge in [0.2, 0.25) is 0 Å². The van der Waals surface area contributed by atoms with Gasteiger partial charge in [-0.25, -0.2) is 0 Å². The van der Waals surface area contributed by atoms with Crippen molar-refractivity contribution in [3.63, 3.8) is 0 Å². The summed E-state index contributed by atoms with van der Waals surface area (Å²) in [6.07, 6.45) is 0. The zero-order valence-corrected chi connectivity index (χ0v) is 6.61. The molecule has 0 unspecified atom stereocenters. The van der Waals surface area contributed by atoms with Crippen LogP contribution in [-0.2, 0) is 17.1 Å². The van der Waals surface area contributed by atoms with E-state index in [1.165, 1.54) is 0 Å².